The summed E-state index contributed by atoms with van der Waals surface area (Å²) in [6.07, 6.45) is 2.70. The van der Waals surface area contributed by atoms with Gasteiger partial charge in [0.05, 0.1) is 7.11 Å². The Bertz CT molecular complexity index is 1000. The molecule has 0 aliphatic carbocycles. The van der Waals surface area contributed by atoms with Crippen LogP contribution in [0.2, 0.25) is 5.02 Å². The summed E-state index contributed by atoms with van der Waals surface area (Å²) in [4.78, 5) is 1.61. The summed E-state index contributed by atoms with van der Waals surface area (Å²) in [6.45, 7) is 3.08. The lowest BCUT2D eigenvalue weighted by Gasteiger charge is -2.28. The highest BCUT2D eigenvalue weighted by molar-refractivity contribution is 7.89. The SMILES string of the molecule is COc1ccc(Cl)cc1S(=O)(=O)N(Cc1cccc(C)c1)[C@@H]1CCN(C#N)C1. The van der Waals surface area contributed by atoms with Crippen LogP contribution in [0.5, 0.6) is 5.75 Å². The number of ether oxygens (including phenoxy) is 1. The Morgan fingerprint density at radius 1 is 1.32 bits per heavy atom. The number of likely N-dealkylation sites (tertiary alicyclic amines) is 1. The first-order chi connectivity index (χ1) is 13.3. The second-order valence-corrected chi connectivity index (χ2v) is 9.12. The molecule has 6 nitrogen and oxygen atoms in total. The van der Waals surface area contributed by atoms with E-state index in [0.717, 1.165) is 11.1 Å². The van der Waals surface area contributed by atoms with E-state index in [1.54, 1.807) is 17.0 Å². The van der Waals surface area contributed by atoms with E-state index in [0.29, 0.717) is 24.5 Å². The summed E-state index contributed by atoms with van der Waals surface area (Å²) in [5.74, 6) is 0.244. The largest absolute Gasteiger partial charge is 0.495 e. The number of hydrogen-bond donors (Lipinski definition) is 0. The molecule has 1 atom stereocenters. The molecule has 1 fully saturated rings. The molecule has 1 aliphatic heterocycles. The van der Waals surface area contributed by atoms with Gasteiger partial charge in [-0.2, -0.15) is 9.57 Å². The van der Waals surface area contributed by atoms with E-state index in [1.807, 2.05) is 31.2 Å². The van der Waals surface area contributed by atoms with Gasteiger partial charge in [-0.1, -0.05) is 41.4 Å². The molecule has 0 saturated carbocycles. The number of aryl methyl sites for hydroxylation is 1. The third-order valence-electron chi connectivity index (χ3n) is 4.85. The summed E-state index contributed by atoms with van der Waals surface area (Å²) in [7, 11) is -2.47. The van der Waals surface area contributed by atoms with Gasteiger partial charge in [-0.25, -0.2) is 8.42 Å². The summed E-state index contributed by atoms with van der Waals surface area (Å²) < 4.78 is 34.0. The zero-order valence-corrected chi connectivity index (χ0v) is 17.4. The van der Waals surface area contributed by atoms with Crippen molar-refractivity contribution in [3.05, 3.63) is 58.6 Å². The van der Waals surface area contributed by atoms with Crippen LogP contribution in [0.15, 0.2) is 47.4 Å². The number of hydrogen-bond acceptors (Lipinski definition) is 5. The number of nitriles is 1. The van der Waals surface area contributed by atoms with Gasteiger partial charge < -0.3 is 9.64 Å². The number of nitrogens with zero attached hydrogens (tertiary/aromatic N) is 3. The number of sulfonamides is 1. The fraction of sp³-hybridized carbons (Fsp3) is 0.350. The summed E-state index contributed by atoms with van der Waals surface area (Å²) >= 11 is 6.08. The van der Waals surface area contributed by atoms with Crippen LogP contribution < -0.4 is 4.74 Å². The van der Waals surface area contributed by atoms with Crippen molar-refractivity contribution in [2.45, 2.75) is 30.8 Å². The van der Waals surface area contributed by atoms with Gasteiger partial charge in [0.15, 0.2) is 6.19 Å². The number of halogens is 1. The number of methoxy groups -OCH3 is 1. The van der Waals surface area contributed by atoms with Gasteiger partial charge in [0.2, 0.25) is 10.0 Å². The van der Waals surface area contributed by atoms with Crippen LogP contribution in [-0.4, -0.2) is 43.9 Å². The maximum Gasteiger partial charge on any atom is 0.247 e. The van der Waals surface area contributed by atoms with Gasteiger partial charge in [-0.3, -0.25) is 0 Å². The summed E-state index contributed by atoms with van der Waals surface area (Å²) in [5.41, 5.74) is 1.94. The van der Waals surface area contributed by atoms with Crippen molar-refractivity contribution in [1.82, 2.24) is 9.21 Å². The monoisotopic (exact) mass is 419 g/mol. The Kier molecular flexibility index (Phi) is 6.14. The standard InChI is InChI=1S/C20H22ClN3O3S/c1-15-4-3-5-16(10-15)12-24(18-8-9-23(13-18)14-22)28(25,26)20-11-17(21)6-7-19(20)27-2/h3-7,10-11,18H,8-9,12-13H2,1-2H3/t18-/m1/s1. The van der Waals surface area contributed by atoms with Gasteiger partial charge in [0.1, 0.15) is 10.6 Å². The van der Waals surface area contributed by atoms with E-state index < -0.39 is 10.0 Å². The van der Waals surface area contributed by atoms with Crippen molar-refractivity contribution in [2.75, 3.05) is 20.2 Å². The Labute approximate surface area is 170 Å². The van der Waals surface area contributed by atoms with Crippen molar-refractivity contribution in [3.63, 3.8) is 0 Å². The van der Waals surface area contributed by atoms with Gasteiger partial charge in [-0.05, 0) is 37.1 Å². The minimum Gasteiger partial charge on any atom is -0.495 e. The minimum absolute atomic E-state index is 0.0329. The first kappa shape index (κ1) is 20.5. The molecule has 0 aromatic heterocycles. The molecule has 2 aromatic carbocycles. The van der Waals surface area contributed by atoms with Crippen LogP contribution in [0.4, 0.5) is 0 Å². The van der Waals surface area contributed by atoms with Crippen molar-refractivity contribution in [3.8, 4) is 11.9 Å². The van der Waals surface area contributed by atoms with Gasteiger partial charge in [0.25, 0.3) is 0 Å². The Morgan fingerprint density at radius 2 is 2.11 bits per heavy atom. The van der Waals surface area contributed by atoms with Crippen LogP contribution in [0.1, 0.15) is 17.5 Å². The van der Waals surface area contributed by atoms with Gasteiger partial charge >= 0.3 is 0 Å². The maximum atomic E-state index is 13.6. The average molecular weight is 420 g/mol. The van der Waals surface area contributed by atoms with Crippen molar-refractivity contribution < 1.29 is 13.2 Å². The first-order valence-electron chi connectivity index (χ1n) is 8.90. The van der Waals surface area contributed by atoms with Crippen molar-refractivity contribution >= 4 is 21.6 Å². The molecule has 8 heteroatoms. The van der Waals surface area contributed by atoms with Crippen LogP contribution >= 0.6 is 11.6 Å². The molecule has 28 heavy (non-hydrogen) atoms. The lowest BCUT2D eigenvalue weighted by molar-refractivity contribution is 0.312. The highest BCUT2D eigenvalue weighted by atomic mass is 35.5. The third kappa shape index (κ3) is 4.25. The quantitative estimate of drug-likeness (QED) is 0.671. The lowest BCUT2D eigenvalue weighted by atomic mass is 10.1. The molecule has 1 heterocycles. The second kappa shape index (κ2) is 8.39. The Morgan fingerprint density at radius 3 is 2.75 bits per heavy atom. The van der Waals surface area contributed by atoms with E-state index in [-0.39, 0.29) is 23.2 Å². The Hall–Kier alpha value is -2.27. The zero-order valence-electron chi connectivity index (χ0n) is 15.8. The molecular weight excluding hydrogens is 398 g/mol. The number of benzene rings is 2. The predicted octanol–water partition coefficient (Wildman–Crippen LogP) is 3.40. The van der Waals surface area contributed by atoms with E-state index in [2.05, 4.69) is 6.19 Å². The fourth-order valence-corrected chi connectivity index (χ4v) is 5.50. The van der Waals surface area contributed by atoms with Crippen LogP contribution in [0.25, 0.3) is 0 Å². The zero-order chi connectivity index (χ0) is 20.3. The predicted molar refractivity (Wildman–Crippen MR) is 108 cm³/mol. The molecular formula is C20H22ClN3O3S. The third-order valence-corrected chi connectivity index (χ3v) is 7.00. The van der Waals surface area contributed by atoms with E-state index in [1.165, 1.54) is 17.5 Å². The Balaban J connectivity index is 2.05. The molecule has 0 unspecified atom stereocenters. The van der Waals surface area contributed by atoms with E-state index in [9.17, 15) is 13.7 Å². The molecule has 0 N–H and O–H groups in total. The summed E-state index contributed by atoms with van der Waals surface area (Å²) in [5, 5.41) is 9.52. The molecule has 0 amide bonds. The molecule has 148 valence electrons. The average Bonchev–Trinajstić information content (AvgIpc) is 3.14. The molecule has 0 spiro atoms. The molecule has 2 aromatic rings. The lowest BCUT2D eigenvalue weighted by Crippen LogP contribution is -2.41. The van der Waals surface area contributed by atoms with Gasteiger partial charge in [-0.15, -0.1) is 0 Å². The molecule has 1 saturated heterocycles. The fourth-order valence-electron chi connectivity index (χ4n) is 3.45. The highest BCUT2D eigenvalue weighted by Gasteiger charge is 2.37. The molecule has 3 rings (SSSR count). The topological polar surface area (TPSA) is 73.6 Å². The van der Waals surface area contributed by atoms with Crippen LogP contribution in [-0.2, 0) is 16.6 Å². The van der Waals surface area contributed by atoms with E-state index in [4.69, 9.17) is 16.3 Å². The minimum atomic E-state index is -3.90. The molecule has 0 radical (unpaired) electrons. The molecule has 1 aliphatic rings. The maximum absolute atomic E-state index is 13.6. The van der Waals surface area contributed by atoms with Crippen LogP contribution in [0.3, 0.4) is 0 Å². The van der Waals surface area contributed by atoms with Crippen LogP contribution in [0, 0.1) is 18.4 Å². The second-order valence-electron chi connectivity index (χ2n) is 6.82. The first-order valence-corrected chi connectivity index (χ1v) is 10.7. The number of rotatable bonds is 6. The molecule has 0 bridgehead atoms. The normalized spacial score (nSPS) is 17.0. The van der Waals surface area contributed by atoms with Crippen molar-refractivity contribution in [2.24, 2.45) is 0 Å². The summed E-state index contributed by atoms with van der Waals surface area (Å²) in [6, 6.07) is 12.0. The smallest absolute Gasteiger partial charge is 0.247 e. The van der Waals surface area contributed by atoms with Crippen molar-refractivity contribution in [1.29, 1.82) is 5.26 Å². The highest BCUT2D eigenvalue weighted by Crippen LogP contribution is 2.33. The van der Waals surface area contributed by atoms with Gasteiger partial charge in [0, 0.05) is 30.7 Å². The van der Waals surface area contributed by atoms with E-state index >= 15 is 0 Å².